The smallest absolute Gasteiger partial charge is 0.394 e. The fourth-order valence-corrected chi connectivity index (χ4v) is 5.51. The van der Waals surface area contributed by atoms with Crippen LogP contribution < -0.4 is 10.6 Å². The Morgan fingerprint density at radius 3 is 1.82 bits per heavy atom. The van der Waals surface area contributed by atoms with Crippen LogP contribution in [0.15, 0.2) is 0 Å². The van der Waals surface area contributed by atoms with Gasteiger partial charge in [0.2, 0.25) is 11.8 Å². The van der Waals surface area contributed by atoms with Gasteiger partial charge in [0, 0.05) is 13.8 Å². The van der Waals surface area contributed by atoms with E-state index in [-0.39, 0.29) is 0 Å². The van der Waals surface area contributed by atoms with Gasteiger partial charge >= 0.3 is 10.4 Å². The standard InChI is InChI=1S/C22H38N2O19S/c1-6(27)23-11-15(31)13(29)10(39-20(11)34)5-38-21-12(24-7(2)28)16(32)18(9(4-26)41-21)42-22-17(33)19(43-44(35,36)37)14(30)8(3-25)40-22/h8-22,25-26,29-34H,3-5H2,1-2H3,(H,23,27)(H,24,28)(H,35,36,37)/t8-,9-,10-,11-,12-,13+,14+,15-,16-,17-,18-,19+,20?,21-,22+/m1/s1. The van der Waals surface area contributed by atoms with Gasteiger partial charge in [0.15, 0.2) is 18.9 Å². The van der Waals surface area contributed by atoms with Crippen LogP contribution in [-0.2, 0) is 47.9 Å². The highest BCUT2D eigenvalue weighted by atomic mass is 32.3. The minimum Gasteiger partial charge on any atom is -0.394 e. The van der Waals surface area contributed by atoms with Crippen molar-refractivity contribution in [3.05, 3.63) is 0 Å². The third kappa shape index (κ3) is 8.75. The molecule has 0 radical (unpaired) electrons. The van der Waals surface area contributed by atoms with Crippen LogP contribution in [0.4, 0.5) is 0 Å². The van der Waals surface area contributed by atoms with Crippen molar-refractivity contribution in [3.8, 4) is 0 Å². The number of hydrogen-bond donors (Lipinski definition) is 11. The maximum absolute atomic E-state index is 12.0. The molecule has 3 aliphatic rings. The number of hydrogen-bond acceptors (Lipinski definition) is 18. The zero-order chi connectivity index (χ0) is 33.1. The lowest BCUT2D eigenvalue weighted by Crippen LogP contribution is -2.68. The lowest BCUT2D eigenvalue weighted by Gasteiger charge is -2.47. The average Bonchev–Trinajstić information content (AvgIpc) is 2.93. The first-order chi connectivity index (χ1) is 20.5. The maximum Gasteiger partial charge on any atom is 0.397 e. The van der Waals surface area contributed by atoms with Crippen LogP contribution >= 0.6 is 0 Å². The van der Waals surface area contributed by atoms with E-state index in [0.717, 1.165) is 13.8 Å². The van der Waals surface area contributed by atoms with Gasteiger partial charge < -0.3 is 75.2 Å². The van der Waals surface area contributed by atoms with Crippen LogP contribution in [0, 0.1) is 0 Å². The molecule has 0 bridgehead atoms. The molecule has 44 heavy (non-hydrogen) atoms. The molecule has 21 nitrogen and oxygen atoms in total. The summed E-state index contributed by atoms with van der Waals surface area (Å²) in [5, 5.41) is 87.1. The highest BCUT2D eigenvalue weighted by Gasteiger charge is 2.53. The van der Waals surface area contributed by atoms with Crippen LogP contribution in [-0.4, -0.2) is 177 Å². The highest BCUT2D eigenvalue weighted by molar-refractivity contribution is 7.80. The SMILES string of the molecule is CC(=O)N[C@H]1[C@H](OC[C@H]2OC(O)[C@H](NC(C)=O)[C@@H](O)[C@H]2O)O[C@H](CO)[C@@H](O[C@@H]2O[C@H](CO)[C@H](O)[C@H](OS(=O)(=O)O)[C@H]2O)[C@@H]1O. The molecule has 3 saturated heterocycles. The second-order valence-corrected chi connectivity index (χ2v) is 11.4. The normalized spacial score (nSPS) is 43.3. The summed E-state index contributed by atoms with van der Waals surface area (Å²) < 4.78 is 63.2. The number of amides is 2. The van der Waals surface area contributed by atoms with Crippen molar-refractivity contribution in [2.45, 2.75) is 106 Å². The first-order valence-corrected chi connectivity index (χ1v) is 14.6. The molecular formula is C22H38N2O19S. The molecule has 1 unspecified atom stereocenters. The number of carbonyl (C=O) groups is 2. The molecule has 3 fully saturated rings. The summed E-state index contributed by atoms with van der Waals surface area (Å²) >= 11 is 0. The molecule has 3 aliphatic heterocycles. The summed E-state index contributed by atoms with van der Waals surface area (Å²) in [6.07, 6.45) is -23.1. The lowest BCUT2D eigenvalue weighted by atomic mass is 9.95. The number of nitrogens with one attached hydrogen (secondary N) is 2. The van der Waals surface area contributed by atoms with Crippen molar-refractivity contribution in [2.24, 2.45) is 0 Å². The van der Waals surface area contributed by atoms with E-state index in [0.29, 0.717) is 0 Å². The van der Waals surface area contributed by atoms with E-state index in [1.807, 2.05) is 0 Å². The third-order valence-corrected chi connectivity index (χ3v) is 7.55. The van der Waals surface area contributed by atoms with E-state index in [9.17, 15) is 58.9 Å². The largest absolute Gasteiger partial charge is 0.397 e. The molecule has 256 valence electrons. The molecule has 15 atom stereocenters. The summed E-state index contributed by atoms with van der Waals surface area (Å²) in [5.74, 6) is -1.34. The Balaban J connectivity index is 1.77. The summed E-state index contributed by atoms with van der Waals surface area (Å²) in [5.41, 5.74) is 0. The minimum absolute atomic E-state index is 0.621. The second-order valence-electron chi connectivity index (χ2n) is 10.3. The third-order valence-electron chi connectivity index (χ3n) is 7.08. The van der Waals surface area contributed by atoms with E-state index in [2.05, 4.69) is 14.8 Å². The molecule has 3 heterocycles. The topological polar surface area (TPSA) is 330 Å². The van der Waals surface area contributed by atoms with Gasteiger partial charge in [-0.15, -0.1) is 0 Å². The number of carbonyl (C=O) groups excluding carboxylic acids is 2. The van der Waals surface area contributed by atoms with Gasteiger partial charge in [-0.1, -0.05) is 0 Å². The Kier molecular flexibility index (Phi) is 12.7. The Morgan fingerprint density at radius 1 is 0.705 bits per heavy atom. The van der Waals surface area contributed by atoms with Gasteiger partial charge in [-0.2, -0.15) is 8.42 Å². The predicted molar refractivity (Wildman–Crippen MR) is 135 cm³/mol. The minimum atomic E-state index is -5.24. The second kappa shape index (κ2) is 15.3. The number of ether oxygens (including phenoxy) is 5. The van der Waals surface area contributed by atoms with E-state index in [1.165, 1.54) is 0 Å². The fraction of sp³-hybridized carbons (Fsp3) is 0.909. The molecule has 11 N–H and O–H groups in total. The van der Waals surface area contributed by atoms with Crippen LogP contribution in [0.2, 0.25) is 0 Å². The average molecular weight is 667 g/mol. The fourth-order valence-electron chi connectivity index (χ4n) is 5.00. The molecule has 22 heteroatoms. The van der Waals surface area contributed by atoms with E-state index in [4.69, 9.17) is 28.2 Å². The molecule has 0 saturated carbocycles. The van der Waals surface area contributed by atoms with Crippen LogP contribution in [0.25, 0.3) is 0 Å². The van der Waals surface area contributed by atoms with Gasteiger partial charge in [-0.05, 0) is 0 Å². The first-order valence-electron chi connectivity index (χ1n) is 13.2. The molecule has 0 aromatic carbocycles. The zero-order valence-corrected chi connectivity index (χ0v) is 24.1. The van der Waals surface area contributed by atoms with Crippen LogP contribution in [0.5, 0.6) is 0 Å². The van der Waals surface area contributed by atoms with Crippen molar-refractivity contribution >= 4 is 22.2 Å². The molecule has 0 aliphatic carbocycles. The lowest BCUT2D eigenvalue weighted by molar-refractivity contribution is -0.349. The van der Waals surface area contributed by atoms with E-state index >= 15 is 0 Å². The maximum atomic E-state index is 12.0. The van der Waals surface area contributed by atoms with Crippen LogP contribution in [0.3, 0.4) is 0 Å². The molecule has 0 aromatic rings. The van der Waals surface area contributed by atoms with Crippen molar-refractivity contribution in [2.75, 3.05) is 19.8 Å². The summed E-state index contributed by atoms with van der Waals surface area (Å²) in [4.78, 5) is 23.3. The van der Waals surface area contributed by atoms with E-state index in [1.54, 1.807) is 0 Å². The summed E-state index contributed by atoms with van der Waals surface area (Å²) in [7, 11) is -5.24. The quantitative estimate of drug-likeness (QED) is 0.0912. The molecule has 0 spiro atoms. The number of aliphatic hydroxyl groups excluding tert-OH is 8. The van der Waals surface area contributed by atoms with Gasteiger partial charge in [0.05, 0.1) is 19.8 Å². The van der Waals surface area contributed by atoms with Gasteiger partial charge in [0.1, 0.15) is 73.1 Å². The molecular weight excluding hydrogens is 628 g/mol. The molecule has 3 rings (SSSR count). The van der Waals surface area contributed by atoms with Gasteiger partial charge in [-0.25, -0.2) is 4.18 Å². The molecule has 2 amide bonds. The predicted octanol–water partition coefficient (Wildman–Crippen LogP) is -7.46. The Hall–Kier alpha value is -1.71. The van der Waals surface area contributed by atoms with Crippen LogP contribution in [0.1, 0.15) is 13.8 Å². The summed E-state index contributed by atoms with van der Waals surface area (Å²) in [6, 6.07) is -2.88. The number of aliphatic hydroxyl groups is 8. The van der Waals surface area contributed by atoms with Gasteiger partial charge in [-0.3, -0.25) is 14.1 Å². The monoisotopic (exact) mass is 666 g/mol. The Labute approximate surface area is 250 Å². The number of rotatable bonds is 11. The van der Waals surface area contributed by atoms with Crippen molar-refractivity contribution < 1.29 is 91.3 Å². The van der Waals surface area contributed by atoms with Crippen molar-refractivity contribution in [1.82, 2.24) is 10.6 Å². The van der Waals surface area contributed by atoms with E-state index < -0.39 is 134 Å². The van der Waals surface area contributed by atoms with Gasteiger partial charge in [0.25, 0.3) is 0 Å². The van der Waals surface area contributed by atoms with Crippen molar-refractivity contribution in [1.29, 1.82) is 0 Å². The summed E-state index contributed by atoms with van der Waals surface area (Å²) in [6.45, 7) is -0.286. The Morgan fingerprint density at radius 2 is 1.27 bits per heavy atom. The first kappa shape index (κ1) is 36.8. The Bertz CT molecular complexity index is 1080. The van der Waals surface area contributed by atoms with Crippen molar-refractivity contribution in [3.63, 3.8) is 0 Å². The molecule has 0 aromatic heterocycles. The zero-order valence-electron chi connectivity index (χ0n) is 23.3. The highest BCUT2D eigenvalue weighted by Crippen LogP contribution is 2.31.